The summed E-state index contributed by atoms with van der Waals surface area (Å²) < 4.78 is 1.67. The van der Waals surface area contributed by atoms with Crippen LogP contribution in [0.2, 0.25) is 0 Å². The Morgan fingerprint density at radius 1 is 1.33 bits per heavy atom. The van der Waals surface area contributed by atoms with Crippen molar-refractivity contribution in [3.8, 4) is 5.69 Å². The molecule has 0 spiro atoms. The third-order valence-electron chi connectivity index (χ3n) is 2.52. The molecule has 94 valence electrons. The highest BCUT2D eigenvalue weighted by atomic mass is 16.1. The van der Waals surface area contributed by atoms with Gasteiger partial charge in [-0.05, 0) is 30.7 Å². The van der Waals surface area contributed by atoms with Crippen molar-refractivity contribution in [1.82, 2.24) is 9.78 Å². The molecule has 2 aromatic rings. The molecule has 0 saturated carbocycles. The SMILES string of the molecule is CCCC(=O)Nc1ccnn1-c1ccc(N)cc1. The first kappa shape index (κ1) is 12.2. The van der Waals surface area contributed by atoms with Gasteiger partial charge in [0.05, 0.1) is 11.9 Å². The normalized spacial score (nSPS) is 10.3. The molecule has 0 unspecified atom stereocenters. The molecule has 0 radical (unpaired) electrons. The third kappa shape index (κ3) is 2.68. The minimum absolute atomic E-state index is 0.00491. The number of carbonyl (C=O) groups is 1. The van der Waals surface area contributed by atoms with Crippen LogP contribution in [0.1, 0.15) is 19.8 Å². The zero-order valence-electron chi connectivity index (χ0n) is 10.3. The van der Waals surface area contributed by atoms with Gasteiger partial charge in [-0.15, -0.1) is 0 Å². The molecule has 18 heavy (non-hydrogen) atoms. The van der Waals surface area contributed by atoms with Crippen LogP contribution >= 0.6 is 0 Å². The Kier molecular flexibility index (Phi) is 3.62. The van der Waals surface area contributed by atoms with E-state index in [9.17, 15) is 4.79 Å². The number of nitrogens with one attached hydrogen (secondary N) is 1. The smallest absolute Gasteiger partial charge is 0.225 e. The highest BCUT2D eigenvalue weighted by Gasteiger charge is 2.07. The predicted octanol–water partition coefficient (Wildman–Crippen LogP) is 2.19. The van der Waals surface area contributed by atoms with E-state index in [-0.39, 0.29) is 5.91 Å². The lowest BCUT2D eigenvalue weighted by Crippen LogP contribution is -2.14. The summed E-state index contributed by atoms with van der Waals surface area (Å²) in [5, 5.41) is 7.03. The second kappa shape index (κ2) is 5.35. The van der Waals surface area contributed by atoms with Crippen LogP contribution in [-0.4, -0.2) is 15.7 Å². The first-order valence-corrected chi connectivity index (χ1v) is 5.90. The number of rotatable bonds is 4. The zero-order valence-corrected chi connectivity index (χ0v) is 10.3. The highest BCUT2D eigenvalue weighted by molar-refractivity contribution is 5.90. The number of amides is 1. The summed E-state index contributed by atoms with van der Waals surface area (Å²) >= 11 is 0. The first-order chi connectivity index (χ1) is 8.70. The van der Waals surface area contributed by atoms with Gasteiger partial charge in [0.2, 0.25) is 5.91 Å². The fourth-order valence-electron chi connectivity index (χ4n) is 1.65. The molecule has 2 rings (SSSR count). The molecule has 3 N–H and O–H groups in total. The maximum atomic E-state index is 11.6. The topological polar surface area (TPSA) is 72.9 Å². The van der Waals surface area contributed by atoms with Crippen LogP contribution in [0, 0.1) is 0 Å². The van der Waals surface area contributed by atoms with Crippen molar-refractivity contribution in [1.29, 1.82) is 0 Å². The molecule has 0 atom stereocenters. The van der Waals surface area contributed by atoms with Crippen LogP contribution in [0.5, 0.6) is 0 Å². The van der Waals surface area contributed by atoms with Gasteiger partial charge in [-0.2, -0.15) is 5.10 Å². The van der Waals surface area contributed by atoms with Crippen molar-refractivity contribution >= 4 is 17.4 Å². The quantitative estimate of drug-likeness (QED) is 0.810. The van der Waals surface area contributed by atoms with Crippen molar-refractivity contribution in [3.05, 3.63) is 36.5 Å². The van der Waals surface area contributed by atoms with Gasteiger partial charge < -0.3 is 11.1 Å². The van der Waals surface area contributed by atoms with Crippen molar-refractivity contribution in [2.75, 3.05) is 11.1 Å². The lowest BCUT2D eigenvalue weighted by atomic mass is 10.3. The third-order valence-corrected chi connectivity index (χ3v) is 2.52. The number of hydrogen-bond donors (Lipinski definition) is 2. The fraction of sp³-hybridized carbons (Fsp3) is 0.231. The molecule has 1 aromatic heterocycles. The van der Waals surface area contributed by atoms with Crippen LogP contribution in [0.3, 0.4) is 0 Å². The number of hydrogen-bond acceptors (Lipinski definition) is 3. The molecule has 0 aliphatic rings. The van der Waals surface area contributed by atoms with Crippen LogP contribution in [0.4, 0.5) is 11.5 Å². The van der Waals surface area contributed by atoms with Crippen LogP contribution in [0.15, 0.2) is 36.5 Å². The van der Waals surface area contributed by atoms with Gasteiger partial charge in [0.25, 0.3) is 0 Å². The molecule has 0 aliphatic carbocycles. The van der Waals surface area contributed by atoms with E-state index in [0.29, 0.717) is 17.9 Å². The summed E-state index contributed by atoms with van der Waals surface area (Å²) in [6.45, 7) is 1.97. The summed E-state index contributed by atoms with van der Waals surface area (Å²) in [6.07, 6.45) is 2.98. The minimum Gasteiger partial charge on any atom is -0.399 e. The molecule has 5 nitrogen and oxygen atoms in total. The fourth-order valence-corrected chi connectivity index (χ4v) is 1.65. The second-order valence-corrected chi connectivity index (χ2v) is 4.02. The molecule has 0 saturated heterocycles. The van der Waals surface area contributed by atoms with E-state index >= 15 is 0 Å². The van der Waals surface area contributed by atoms with Crippen LogP contribution in [-0.2, 0) is 4.79 Å². The maximum absolute atomic E-state index is 11.6. The Morgan fingerprint density at radius 3 is 2.72 bits per heavy atom. The van der Waals surface area contributed by atoms with Gasteiger partial charge in [0, 0.05) is 18.2 Å². The predicted molar refractivity (Wildman–Crippen MR) is 71.5 cm³/mol. The maximum Gasteiger partial charge on any atom is 0.225 e. The second-order valence-electron chi connectivity index (χ2n) is 4.02. The summed E-state index contributed by atoms with van der Waals surface area (Å²) in [5.74, 6) is 0.660. The monoisotopic (exact) mass is 244 g/mol. The van der Waals surface area contributed by atoms with E-state index < -0.39 is 0 Å². The van der Waals surface area contributed by atoms with Gasteiger partial charge in [-0.1, -0.05) is 6.92 Å². The van der Waals surface area contributed by atoms with Crippen molar-refractivity contribution < 1.29 is 4.79 Å². The molecule has 0 fully saturated rings. The highest BCUT2D eigenvalue weighted by Crippen LogP contribution is 2.16. The number of carbonyl (C=O) groups excluding carboxylic acids is 1. The van der Waals surface area contributed by atoms with Crippen molar-refractivity contribution in [3.63, 3.8) is 0 Å². The Labute approximate surface area is 106 Å². The summed E-state index contributed by atoms with van der Waals surface area (Å²) in [7, 11) is 0. The lowest BCUT2D eigenvalue weighted by molar-refractivity contribution is -0.116. The Hall–Kier alpha value is -2.30. The molecule has 1 aromatic carbocycles. The Balaban J connectivity index is 2.22. The number of nitrogens with two attached hydrogens (primary N) is 1. The van der Waals surface area contributed by atoms with E-state index in [1.807, 2.05) is 19.1 Å². The number of nitrogen functional groups attached to an aromatic ring is 1. The number of nitrogens with zero attached hydrogens (tertiary/aromatic N) is 2. The molecule has 1 heterocycles. The molecular weight excluding hydrogens is 228 g/mol. The summed E-state index contributed by atoms with van der Waals surface area (Å²) in [5.41, 5.74) is 7.20. The van der Waals surface area contributed by atoms with Crippen LogP contribution < -0.4 is 11.1 Å². The van der Waals surface area contributed by atoms with Crippen LogP contribution in [0.25, 0.3) is 5.69 Å². The van der Waals surface area contributed by atoms with Gasteiger partial charge in [-0.3, -0.25) is 4.79 Å². The first-order valence-electron chi connectivity index (χ1n) is 5.90. The lowest BCUT2D eigenvalue weighted by Gasteiger charge is -2.08. The van der Waals surface area contributed by atoms with Gasteiger partial charge in [0.15, 0.2) is 0 Å². The molecule has 0 bridgehead atoms. The molecular formula is C13H16N4O. The standard InChI is InChI=1S/C13H16N4O/c1-2-3-13(18)16-12-8-9-15-17(12)11-6-4-10(14)5-7-11/h4-9H,2-3,14H2,1H3,(H,16,18). The average molecular weight is 244 g/mol. The molecule has 5 heteroatoms. The van der Waals surface area contributed by atoms with E-state index in [4.69, 9.17) is 5.73 Å². The largest absolute Gasteiger partial charge is 0.399 e. The van der Waals surface area contributed by atoms with Gasteiger partial charge in [-0.25, -0.2) is 4.68 Å². The zero-order chi connectivity index (χ0) is 13.0. The number of anilines is 2. The minimum atomic E-state index is -0.00491. The van der Waals surface area contributed by atoms with Crippen molar-refractivity contribution in [2.45, 2.75) is 19.8 Å². The Morgan fingerprint density at radius 2 is 2.06 bits per heavy atom. The number of benzene rings is 1. The van der Waals surface area contributed by atoms with Gasteiger partial charge in [0.1, 0.15) is 5.82 Å². The van der Waals surface area contributed by atoms with E-state index in [0.717, 1.165) is 12.1 Å². The van der Waals surface area contributed by atoms with E-state index in [1.165, 1.54) is 0 Å². The summed E-state index contributed by atoms with van der Waals surface area (Å²) in [6, 6.07) is 9.09. The van der Waals surface area contributed by atoms with E-state index in [2.05, 4.69) is 10.4 Å². The number of aromatic nitrogens is 2. The molecule has 1 amide bonds. The summed E-state index contributed by atoms with van der Waals surface area (Å²) in [4.78, 5) is 11.6. The van der Waals surface area contributed by atoms with Gasteiger partial charge >= 0.3 is 0 Å². The van der Waals surface area contributed by atoms with Crippen molar-refractivity contribution in [2.24, 2.45) is 0 Å². The Bertz CT molecular complexity index is 530. The average Bonchev–Trinajstić information content (AvgIpc) is 2.78. The van der Waals surface area contributed by atoms with E-state index in [1.54, 1.807) is 29.1 Å². The molecule has 0 aliphatic heterocycles.